The molecule has 0 aromatic heterocycles. The summed E-state index contributed by atoms with van der Waals surface area (Å²) in [5.74, 6) is 0. The maximum Gasteiger partial charge on any atom is 0.0679 e. The van der Waals surface area contributed by atoms with E-state index in [0.717, 1.165) is 25.6 Å². The van der Waals surface area contributed by atoms with E-state index >= 15 is 0 Å². The summed E-state index contributed by atoms with van der Waals surface area (Å²) >= 11 is 0. The molecule has 0 aromatic rings. The van der Waals surface area contributed by atoms with Crippen LogP contribution in [0.25, 0.3) is 0 Å². The van der Waals surface area contributed by atoms with Gasteiger partial charge in [-0.2, -0.15) is 0 Å². The van der Waals surface area contributed by atoms with Crippen LogP contribution in [0.2, 0.25) is 0 Å². The number of aliphatic hydroxyl groups excluding tert-OH is 1. The number of rotatable bonds is 1. The monoisotopic (exact) mass is 197 g/mol. The highest BCUT2D eigenvalue weighted by Gasteiger charge is 2.26. The standard InChI is InChI=1S/C12H23NO/c14-12-8-9-13(10-12)11-6-4-2-1-3-5-7-11/h11-12,14H,1-10H2/t12-/m0/s1. The van der Waals surface area contributed by atoms with Crippen molar-refractivity contribution in [2.24, 2.45) is 0 Å². The summed E-state index contributed by atoms with van der Waals surface area (Å²) in [6.07, 6.45) is 10.8. The Hall–Kier alpha value is -0.0800. The average molecular weight is 197 g/mol. The van der Waals surface area contributed by atoms with Crippen LogP contribution in [0.15, 0.2) is 0 Å². The lowest BCUT2D eigenvalue weighted by Gasteiger charge is -2.29. The zero-order valence-corrected chi connectivity index (χ0v) is 9.12. The molecule has 0 unspecified atom stereocenters. The van der Waals surface area contributed by atoms with Crippen molar-refractivity contribution < 1.29 is 5.11 Å². The second-order valence-corrected chi connectivity index (χ2v) is 4.94. The van der Waals surface area contributed by atoms with E-state index in [2.05, 4.69) is 4.90 Å². The van der Waals surface area contributed by atoms with E-state index < -0.39 is 0 Å². The third-order valence-electron chi connectivity index (χ3n) is 3.79. The van der Waals surface area contributed by atoms with Gasteiger partial charge in [-0.05, 0) is 19.3 Å². The molecule has 1 aliphatic carbocycles. The summed E-state index contributed by atoms with van der Waals surface area (Å²) in [6.45, 7) is 2.07. The molecule has 1 aliphatic heterocycles. The van der Waals surface area contributed by atoms with E-state index in [9.17, 15) is 5.11 Å². The molecule has 2 heteroatoms. The molecule has 0 spiro atoms. The summed E-state index contributed by atoms with van der Waals surface area (Å²) < 4.78 is 0. The van der Waals surface area contributed by atoms with E-state index in [1.807, 2.05) is 0 Å². The van der Waals surface area contributed by atoms with Crippen LogP contribution in [0.5, 0.6) is 0 Å². The molecular formula is C12H23NO. The lowest BCUT2D eigenvalue weighted by Crippen LogP contribution is -2.34. The topological polar surface area (TPSA) is 23.5 Å². The lowest BCUT2D eigenvalue weighted by atomic mass is 9.96. The highest BCUT2D eigenvalue weighted by molar-refractivity contribution is 4.81. The molecule has 2 nitrogen and oxygen atoms in total. The summed E-state index contributed by atoms with van der Waals surface area (Å²) in [7, 11) is 0. The highest BCUT2D eigenvalue weighted by atomic mass is 16.3. The average Bonchev–Trinajstić information content (AvgIpc) is 2.51. The quantitative estimate of drug-likeness (QED) is 0.696. The number of β-amino-alcohol motifs (C(OH)–C–C–N with tert-alkyl or cyclic N) is 1. The van der Waals surface area contributed by atoms with Gasteiger partial charge in [0, 0.05) is 19.1 Å². The van der Waals surface area contributed by atoms with Gasteiger partial charge in [-0.1, -0.05) is 32.1 Å². The Morgan fingerprint density at radius 1 is 0.857 bits per heavy atom. The second-order valence-electron chi connectivity index (χ2n) is 4.94. The van der Waals surface area contributed by atoms with Crippen LogP contribution in [-0.4, -0.2) is 35.2 Å². The van der Waals surface area contributed by atoms with Gasteiger partial charge in [-0.3, -0.25) is 4.90 Å². The number of nitrogens with zero attached hydrogens (tertiary/aromatic N) is 1. The smallest absolute Gasteiger partial charge is 0.0679 e. The summed E-state index contributed by atoms with van der Waals surface area (Å²) in [5.41, 5.74) is 0. The predicted octanol–water partition coefficient (Wildman–Crippen LogP) is 2.17. The molecule has 2 aliphatic rings. The molecule has 1 N–H and O–H groups in total. The zero-order valence-electron chi connectivity index (χ0n) is 9.12. The Bertz CT molecular complexity index is 164. The van der Waals surface area contributed by atoms with Crippen LogP contribution in [0.3, 0.4) is 0 Å². The van der Waals surface area contributed by atoms with Crippen molar-refractivity contribution in [1.29, 1.82) is 0 Å². The Labute approximate surface area is 87.3 Å². The van der Waals surface area contributed by atoms with Gasteiger partial charge >= 0.3 is 0 Å². The summed E-state index contributed by atoms with van der Waals surface area (Å²) in [5, 5.41) is 9.51. The van der Waals surface area contributed by atoms with Crippen molar-refractivity contribution in [2.75, 3.05) is 13.1 Å². The van der Waals surface area contributed by atoms with Crippen LogP contribution < -0.4 is 0 Å². The molecule has 0 aromatic carbocycles. The highest BCUT2D eigenvalue weighted by Crippen LogP contribution is 2.24. The maximum atomic E-state index is 9.51. The van der Waals surface area contributed by atoms with Crippen molar-refractivity contribution in [3.05, 3.63) is 0 Å². The van der Waals surface area contributed by atoms with Gasteiger partial charge in [0.15, 0.2) is 0 Å². The van der Waals surface area contributed by atoms with Gasteiger partial charge in [-0.25, -0.2) is 0 Å². The number of hydrogen-bond acceptors (Lipinski definition) is 2. The fraction of sp³-hybridized carbons (Fsp3) is 1.00. The molecule has 1 saturated carbocycles. The van der Waals surface area contributed by atoms with Gasteiger partial charge in [0.05, 0.1) is 6.10 Å². The predicted molar refractivity (Wildman–Crippen MR) is 58.3 cm³/mol. The normalized spacial score (nSPS) is 32.8. The van der Waals surface area contributed by atoms with Gasteiger partial charge in [0.25, 0.3) is 0 Å². The van der Waals surface area contributed by atoms with E-state index in [-0.39, 0.29) is 6.10 Å². The van der Waals surface area contributed by atoms with Crippen LogP contribution in [0.1, 0.15) is 51.4 Å². The minimum Gasteiger partial charge on any atom is -0.392 e. The molecule has 1 heterocycles. The first-order chi connectivity index (χ1) is 6.86. The van der Waals surface area contributed by atoms with Crippen LogP contribution >= 0.6 is 0 Å². The zero-order chi connectivity index (χ0) is 9.80. The van der Waals surface area contributed by atoms with Gasteiger partial charge in [0.2, 0.25) is 0 Å². The minimum absolute atomic E-state index is 0.0413. The first-order valence-corrected chi connectivity index (χ1v) is 6.28. The van der Waals surface area contributed by atoms with E-state index in [1.165, 1.54) is 44.9 Å². The second kappa shape index (κ2) is 5.13. The van der Waals surface area contributed by atoms with E-state index in [4.69, 9.17) is 0 Å². The molecule has 2 rings (SSSR count). The Morgan fingerprint density at radius 2 is 1.50 bits per heavy atom. The molecule has 2 fully saturated rings. The molecule has 0 bridgehead atoms. The van der Waals surface area contributed by atoms with Crippen molar-refractivity contribution in [2.45, 2.75) is 63.5 Å². The first kappa shape index (κ1) is 10.4. The largest absolute Gasteiger partial charge is 0.392 e. The van der Waals surface area contributed by atoms with Gasteiger partial charge in [-0.15, -0.1) is 0 Å². The number of aliphatic hydroxyl groups is 1. The first-order valence-electron chi connectivity index (χ1n) is 6.28. The molecule has 82 valence electrons. The molecule has 1 saturated heterocycles. The van der Waals surface area contributed by atoms with Gasteiger partial charge in [0.1, 0.15) is 0 Å². The van der Waals surface area contributed by atoms with Crippen molar-refractivity contribution in [1.82, 2.24) is 4.90 Å². The van der Waals surface area contributed by atoms with E-state index in [1.54, 1.807) is 0 Å². The maximum absolute atomic E-state index is 9.51. The van der Waals surface area contributed by atoms with Crippen LogP contribution in [-0.2, 0) is 0 Å². The molecule has 1 atom stereocenters. The fourth-order valence-electron chi connectivity index (χ4n) is 2.90. The third kappa shape index (κ3) is 2.71. The Balaban J connectivity index is 1.81. The van der Waals surface area contributed by atoms with Crippen molar-refractivity contribution in [3.63, 3.8) is 0 Å². The minimum atomic E-state index is -0.0413. The Kier molecular flexibility index (Phi) is 3.82. The van der Waals surface area contributed by atoms with Crippen LogP contribution in [0, 0.1) is 0 Å². The molecular weight excluding hydrogens is 174 g/mol. The SMILES string of the molecule is O[C@H]1CCN(C2CCCCCCC2)C1. The third-order valence-corrected chi connectivity index (χ3v) is 3.79. The van der Waals surface area contributed by atoms with Crippen molar-refractivity contribution in [3.8, 4) is 0 Å². The lowest BCUT2D eigenvalue weighted by molar-refractivity contribution is 0.147. The number of likely N-dealkylation sites (tertiary alicyclic amines) is 1. The van der Waals surface area contributed by atoms with Gasteiger partial charge < -0.3 is 5.11 Å². The molecule has 0 amide bonds. The van der Waals surface area contributed by atoms with Crippen molar-refractivity contribution >= 4 is 0 Å². The summed E-state index contributed by atoms with van der Waals surface area (Å²) in [6, 6.07) is 0.785. The Morgan fingerprint density at radius 3 is 2.07 bits per heavy atom. The van der Waals surface area contributed by atoms with E-state index in [0.29, 0.717) is 0 Å². The van der Waals surface area contributed by atoms with Crippen LogP contribution in [0.4, 0.5) is 0 Å². The number of hydrogen-bond donors (Lipinski definition) is 1. The molecule has 14 heavy (non-hydrogen) atoms. The fourth-order valence-corrected chi connectivity index (χ4v) is 2.90. The molecule has 0 radical (unpaired) electrons. The summed E-state index contributed by atoms with van der Waals surface area (Å²) in [4.78, 5) is 2.52.